The van der Waals surface area contributed by atoms with Crippen molar-refractivity contribution in [2.24, 2.45) is 5.92 Å². The van der Waals surface area contributed by atoms with Crippen molar-refractivity contribution in [3.63, 3.8) is 0 Å². The Morgan fingerprint density at radius 3 is 2.77 bits per heavy atom. The van der Waals surface area contributed by atoms with E-state index in [1.54, 1.807) is 0 Å². The lowest BCUT2D eigenvalue weighted by molar-refractivity contribution is 0.274. The molecule has 3 nitrogen and oxygen atoms in total. The van der Waals surface area contributed by atoms with E-state index in [1.807, 2.05) is 10.9 Å². The van der Waals surface area contributed by atoms with Gasteiger partial charge in [0.25, 0.3) is 0 Å². The summed E-state index contributed by atoms with van der Waals surface area (Å²) in [4.78, 5) is 0. The molecule has 0 radical (unpaired) electrons. The second kappa shape index (κ2) is 4.77. The molecule has 1 aromatic heterocycles. The zero-order valence-corrected chi connectivity index (χ0v) is 9.58. The first kappa shape index (κ1) is 10.7. The molecule has 1 aromatic rings. The van der Waals surface area contributed by atoms with Crippen LogP contribution in [0.5, 0.6) is 0 Å². The predicted molar refractivity (Wildman–Crippen MR) is 55.3 cm³/mol. The van der Waals surface area contributed by atoms with Crippen molar-refractivity contribution in [2.75, 3.05) is 0 Å². The highest BCUT2D eigenvalue weighted by molar-refractivity contribution is 9.10. The Morgan fingerprint density at radius 2 is 2.31 bits per heavy atom. The van der Waals surface area contributed by atoms with E-state index in [2.05, 4.69) is 34.9 Å². The third-order valence-corrected chi connectivity index (χ3v) is 2.53. The Bertz CT molecular complexity index is 271. The molecule has 0 fully saturated rings. The molecule has 1 heterocycles. The fourth-order valence-electron chi connectivity index (χ4n) is 1.05. The number of halogens is 1. The second-order valence-corrected chi connectivity index (χ2v) is 4.38. The van der Waals surface area contributed by atoms with Gasteiger partial charge in [0.15, 0.2) is 0 Å². The van der Waals surface area contributed by atoms with Gasteiger partial charge in [-0.15, -0.1) is 0 Å². The monoisotopic (exact) mass is 246 g/mol. The largest absolute Gasteiger partial charge is 0.390 e. The molecule has 0 aliphatic heterocycles. The van der Waals surface area contributed by atoms with E-state index in [1.165, 1.54) is 0 Å². The van der Waals surface area contributed by atoms with Gasteiger partial charge in [-0.1, -0.05) is 13.8 Å². The highest BCUT2D eigenvalue weighted by Crippen LogP contribution is 2.15. The Labute approximate surface area is 86.9 Å². The molecule has 74 valence electrons. The van der Waals surface area contributed by atoms with E-state index in [-0.39, 0.29) is 6.61 Å². The molecule has 0 saturated heterocycles. The van der Waals surface area contributed by atoms with Crippen LogP contribution in [0.3, 0.4) is 0 Å². The van der Waals surface area contributed by atoms with E-state index in [0.717, 1.165) is 17.4 Å². The van der Waals surface area contributed by atoms with Crippen LogP contribution < -0.4 is 0 Å². The van der Waals surface area contributed by atoms with E-state index < -0.39 is 0 Å². The number of nitrogens with zero attached hydrogens (tertiary/aromatic N) is 2. The van der Waals surface area contributed by atoms with Gasteiger partial charge < -0.3 is 5.11 Å². The summed E-state index contributed by atoms with van der Waals surface area (Å²) < 4.78 is 2.76. The molecule has 0 bridgehead atoms. The average Bonchev–Trinajstić information content (AvgIpc) is 2.43. The molecule has 0 atom stereocenters. The van der Waals surface area contributed by atoms with Gasteiger partial charge in [-0.3, -0.25) is 4.68 Å². The van der Waals surface area contributed by atoms with Crippen LogP contribution in [-0.2, 0) is 13.2 Å². The average molecular weight is 247 g/mol. The molecule has 0 saturated carbocycles. The van der Waals surface area contributed by atoms with Crippen molar-refractivity contribution < 1.29 is 5.11 Å². The van der Waals surface area contributed by atoms with Crippen LogP contribution in [0.25, 0.3) is 0 Å². The van der Waals surface area contributed by atoms with Crippen LogP contribution >= 0.6 is 15.9 Å². The maximum atomic E-state index is 8.90. The quantitative estimate of drug-likeness (QED) is 0.885. The van der Waals surface area contributed by atoms with Crippen molar-refractivity contribution in [2.45, 2.75) is 33.4 Å². The minimum Gasteiger partial charge on any atom is -0.390 e. The molecule has 4 heteroatoms. The van der Waals surface area contributed by atoms with Gasteiger partial charge >= 0.3 is 0 Å². The van der Waals surface area contributed by atoms with Crippen molar-refractivity contribution >= 4 is 15.9 Å². The van der Waals surface area contributed by atoms with Gasteiger partial charge in [-0.25, -0.2) is 0 Å². The van der Waals surface area contributed by atoms with Crippen molar-refractivity contribution in [3.05, 3.63) is 16.4 Å². The van der Waals surface area contributed by atoms with Crippen LogP contribution in [-0.4, -0.2) is 14.9 Å². The van der Waals surface area contributed by atoms with Gasteiger partial charge in [-0.05, 0) is 28.3 Å². The van der Waals surface area contributed by atoms with Gasteiger partial charge in [0.1, 0.15) is 5.69 Å². The van der Waals surface area contributed by atoms with E-state index in [0.29, 0.717) is 11.6 Å². The normalized spacial score (nSPS) is 11.2. The summed E-state index contributed by atoms with van der Waals surface area (Å²) in [5.74, 6) is 0.681. The summed E-state index contributed by atoms with van der Waals surface area (Å²) in [6.07, 6.45) is 3.02. The van der Waals surface area contributed by atoms with Gasteiger partial charge in [0.2, 0.25) is 0 Å². The number of aryl methyl sites for hydroxylation is 1. The lowest BCUT2D eigenvalue weighted by Gasteiger charge is -2.03. The minimum atomic E-state index is -0.00470. The molecule has 0 unspecified atom stereocenters. The molecule has 0 spiro atoms. The molecular formula is C9H15BrN2O. The topological polar surface area (TPSA) is 38.0 Å². The van der Waals surface area contributed by atoms with Gasteiger partial charge in [0, 0.05) is 12.7 Å². The van der Waals surface area contributed by atoms with E-state index in [4.69, 9.17) is 5.11 Å². The van der Waals surface area contributed by atoms with Crippen molar-refractivity contribution in [1.29, 1.82) is 0 Å². The van der Waals surface area contributed by atoms with Crippen LogP contribution in [0, 0.1) is 5.92 Å². The molecule has 0 aliphatic rings. The molecular weight excluding hydrogens is 232 g/mol. The van der Waals surface area contributed by atoms with Gasteiger partial charge in [-0.2, -0.15) is 5.10 Å². The fraction of sp³-hybridized carbons (Fsp3) is 0.667. The number of hydrogen-bond donors (Lipinski definition) is 1. The standard InChI is InChI=1S/C9H15BrN2O/c1-7(2)3-4-12-5-8(10)9(6-13)11-12/h5,7,13H,3-4,6H2,1-2H3. The zero-order valence-electron chi connectivity index (χ0n) is 8.00. The van der Waals surface area contributed by atoms with Crippen molar-refractivity contribution in [1.82, 2.24) is 9.78 Å². The first-order valence-corrected chi connectivity index (χ1v) is 5.25. The number of rotatable bonds is 4. The summed E-state index contributed by atoms with van der Waals surface area (Å²) in [6, 6.07) is 0. The summed E-state index contributed by atoms with van der Waals surface area (Å²) >= 11 is 3.34. The fourth-order valence-corrected chi connectivity index (χ4v) is 1.49. The van der Waals surface area contributed by atoms with E-state index >= 15 is 0 Å². The van der Waals surface area contributed by atoms with E-state index in [9.17, 15) is 0 Å². The molecule has 0 aliphatic carbocycles. The minimum absolute atomic E-state index is 0.00470. The highest BCUT2D eigenvalue weighted by atomic mass is 79.9. The molecule has 1 N–H and O–H groups in total. The van der Waals surface area contributed by atoms with Crippen LogP contribution in [0.1, 0.15) is 26.0 Å². The third kappa shape index (κ3) is 3.12. The zero-order chi connectivity index (χ0) is 9.84. The Hall–Kier alpha value is -0.350. The van der Waals surface area contributed by atoms with Gasteiger partial charge in [0.05, 0.1) is 11.1 Å². The summed E-state index contributed by atoms with van der Waals surface area (Å²) in [5, 5.41) is 13.1. The number of aromatic nitrogens is 2. The second-order valence-electron chi connectivity index (χ2n) is 3.53. The lowest BCUT2D eigenvalue weighted by Crippen LogP contribution is -2.02. The maximum absolute atomic E-state index is 8.90. The Morgan fingerprint density at radius 1 is 1.62 bits per heavy atom. The Balaban J connectivity index is 2.57. The molecule has 0 amide bonds. The molecule has 1 rings (SSSR count). The number of hydrogen-bond acceptors (Lipinski definition) is 2. The van der Waals surface area contributed by atoms with Crippen LogP contribution in [0.15, 0.2) is 10.7 Å². The smallest absolute Gasteiger partial charge is 0.102 e. The van der Waals surface area contributed by atoms with Crippen molar-refractivity contribution in [3.8, 4) is 0 Å². The van der Waals surface area contributed by atoms with Crippen LogP contribution in [0.4, 0.5) is 0 Å². The lowest BCUT2D eigenvalue weighted by atomic mass is 10.1. The summed E-state index contributed by atoms with van der Waals surface area (Å²) in [6.45, 7) is 5.28. The third-order valence-electron chi connectivity index (χ3n) is 1.87. The number of aliphatic hydroxyl groups excluding tert-OH is 1. The summed E-state index contributed by atoms with van der Waals surface area (Å²) in [7, 11) is 0. The van der Waals surface area contributed by atoms with Crippen LogP contribution in [0.2, 0.25) is 0 Å². The molecule has 13 heavy (non-hydrogen) atoms. The number of aliphatic hydroxyl groups is 1. The molecule has 0 aromatic carbocycles. The summed E-state index contributed by atoms with van der Waals surface area (Å²) in [5.41, 5.74) is 0.712. The SMILES string of the molecule is CC(C)CCn1cc(Br)c(CO)n1. The predicted octanol–water partition coefficient (Wildman–Crippen LogP) is 2.18. The highest BCUT2D eigenvalue weighted by Gasteiger charge is 2.04. The maximum Gasteiger partial charge on any atom is 0.102 e. The Kier molecular flexibility index (Phi) is 3.93. The first-order valence-electron chi connectivity index (χ1n) is 4.46. The first-order chi connectivity index (χ1) is 6.13.